The van der Waals surface area contributed by atoms with Gasteiger partial charge >= 0.3 is 0 Å². The minimum Gasteiger partial charge on any atom is -0.481 e. The summed E-state index contributed by atoms with van der Waals surface area (Å²) in [6.45, 7) is 2.44. The van der Waals surface area contributed by atoms with Crippen molar-refractivity contribution in [3.63, 3.8) is 0 Å². The summed E-state index contributed by atoms with van der Waals surface area (Å²) in [6.07, 6.45) is 2.02. The Kier molecular flexibility index (Phi) is 8.28. The van der Waals surface area contributed by atoms with Gasteiger partial charge in [0.25, 0.3) is 0 Å². The number of halogens is 2. The highest BCUT2D eigenvalue weighted by molar-refractivity contribution is 6.30. The zero-order valence-electron chi connectivity index (χ0n) is 21.6. The van der Waals surface area contributed by atoms with Crippen LogP contribution in [0.4, 0.5) is 4.39 Å². The van der Waals surface area contributed by atoms with Crippen molar-refractivity contribution in [3.05, 3.63) is 118 Å². The molecule has 0 saturated heterocycles. The first-order valence-corrected chi connectivity index (χ1v) is 12.6. The standard InChI is InChI=1S/C31H32ClFN2O2/c1-21-10-15-28(33)27(18-21)31(36,16-17-35(2)3)29(23-8-6-5-7-9-23)26-19-24(20-34-30(26)37-4)22-11-13-25(32)14-12-22/h5-15,18-20,29,36H,16-17H2,1-4H3. The maximum atomic E-state index is 15.5. The summed E-state index contributed by atoms with van der Waals surface area (Å²) < 4.78 is 21.2. The van der Waals surface area contributed by atoms with Crippen molar-refractivity contribution in [2.24, 2.45) is 0 Å². The Balaban J connectivity index is 2.01. The number of hydrogen-bond acceptors (Lipinski definition) is 4. The van der Waals surface area contributed by atoms with Crippen LogP contribution in [0, 0.1) is 12.7 Å². The van der Waals surface area contributed by atoms with Crippen molar-refractivity contribution < 1.29 is 14.2 Å². The number of aliphatic hydroxyl groups is 1. The molecule has 192 valence electrons. The topological polar surface area (TPSA) is 45.6 Å². The fourth-order valence-corrected chi connectivity index (χ4v) is 4.93. The largest absolute Gasteiger partial charge is 0.481 e. The van der Waals surface area contributed by atoms with Crippen LogP contribution in [0.3, 0.4) is 0 Å². The number of rotatable bonds is 9. The molecule has 0 fully saturated rings. The average Bonchev–Trinajstić information content (AvgIpc) is 2.90. The van der Waals surface area contributed by atoms with Gasteiger partial charge in [-0.1, -0.05) is 71.8 Å². The summed E-state index contributed by atoms with van der Waals surface area (Å²) in [5.41, 5.74) is 2.78. The molecule has 3 aromatic carbocycles. The first kappa shape index (κ1) is 26.8. The van der Waals surface area contributed by atoms with Crippen LogP contribution in [0.2, 0.25) is 5.02 Å². The van der Waals surface area contributed by atoms with Crippen LogP contribution in [0.15, 0.2) is 85.1 Å². The molecule has 1 N–H and O–H groups in total. The van der Waals surface area contributed by atoms with Gasteiger partial charge < -0.3 is 14.7 Å². The minimum atomic E-state index is -1.60. The summed E-state index contributed by atoms with van der Waals surface area (Å²) in [6, 6.07) is 24.0. The second kappa shape index (κ2) is 11.4. The van der Waals surface area contributed by atoms with Crippen LogP contribution in [0.5, 0.6) is 5.88 Å². The molecule has 0 aliphatic carbocycles. The molecular weight excluding hydrogens is 487 g/mol. The molecule has 0 aliphatic rings. The fourth-order valence-electron chi connectivity index (χ4n) is 4.80. The molecular formula is C31H32ClFN2O2. The molecule has 2 atom stereocenters. The lowest BCUT2D eigenvalue weighted by Crippen LogP contribution is -2.38. The van der Waals surface area contributed by atoms with Crippen molar-refractivity contribution in [2.75, 3.05) is 27.7 Å². The second-order valence-electron chi connectivity index (χ2n) is 9.63. The van der Waals surface area contributed by atoms with Crippen LogP contribution >= 0.6 is 11.6 Å². The summed E-state index contributed by atoms with van der Waals surface area (Å²) in [5, 5.41) is 13.3. The van der Waals surface area contributed by atoms with Gasteiger partial charge in [-0.25, -0.2) is 9.37 Å². The Labute approximate surface area is 223 Å². The van der Waals surface area contributed by atoms with Crippen molar-refractivity contribution >= 4 is 11.6 Å². The number of methoxy groups -OCH3 is 1. The molecule has 0 amide bonds. The minimum absolute atomic E-state index is 0.252. The van der Waals surface area contributed by atoms with Crippen LogP contribution in [0.1, 0.15) is 34.6 Å². The maximum Gasteiger partial charge on any atom is 0.217 e. The highest BCUT2D eigenvalue weighted by Gasteiger charge is 2.44. The Hall–Kier alpha value is -3.25. The molecule has 2 unspecified atom stereocenters. The van der Waals surface area contributed by atoms with Crippen LogP contribution in [-0.4, -0.2) is 42.7 Å². The van der Waals surface area contributed by atoms with E-state index in [-0.39, 0.29) is 12.0 Å². The van der Waals surface area contributed by atoms with Gasteiger partial charge in [0.1, 0.15) is 11.4 Å². The molecule has 6 heteroatoms. The van der Waals surface area contributed by atoms with Crippen LogP contribution in [0.25, 0.3) is 11.1 Å². The molecule has 4 aromatic rings. The number of ether oxygens (including phenoxy) is 1. The van der Waals surface area contributed by atoms with Gasteiger partial charge in [0.05, 0.1) is 7.11 Å². The highest BCUT2D eigenvalue weighted by atomic mass is 35.5. The summed E-state index contributed by atoms with van der Waals surface area (Å²) in [4.78, 5) is 6.60. The van der Waals surface area contributed by atoms with Gasteiger partial charge in [-0.2, -0.15) is 0 Å². The molecule has 0 aliphatic heterocycles. The number of benzene rings is 3. The van der Waals surface area contributed by atoms with Gasteiger partial charge in [-0.05, 0) is 62.8 Å². The number of aromatic nitrogens is 1. The molecule has 1 aromatic heterocycles. The smallest absolute Gasteiger partial charge is 0.217 e. The maximum absolute atomic E-state index is 15.5. The molecule has 4 rings (SSSR count). The Morgan fingerprint density at radius 1 is 1.00 bits per heavy atom. The van der Waals surface area contributed by atoms with E-state index in [1.165, 1.54) is 6.07 Å². The van der Waals surface area contributed by atoms with Gasteiger partial charge in [-0.15, -0.1) is 0 Å². The van der Waals surface area contributed by atoms with Crippen molar-refractivity contribution in [3.8, 4) is 17.0 Å². The Bertz CT molecular complexity index is 1350. The molecule has 4 nitrogen and oxygen atoms in total. The third-order valence-electron chi connectivity index (χ3n) is 6.70. The van der Waals surface area contributed by atoms with E-state index in [0.717, 1.165) is 22.3 Å². The number of aryl methyl sites for hydroxylation is 1. The molecule has 0 spiro atoms. The van der Waals surface area contributed by atoms with E-state index in [1.807, 2.05) is 86.6 Å². The van der Waals surface area contributed by atoms with E-state index in [2.05, 4.69) is 4.98 Å². The summed E-state index contributed by atoms with van der Waals surface area (Å²) in [7, 11) is 5.43. The third kappa shape index (κ3) is 5.85. The van der Waals surface area contributed by atoms with E-state index in [1.54, 1.807) is 25.4 Å². The first-order chi connectivity index (χ1) is 17.7. The second-order valence-corrected chi connectivity index (χ2v) is 10.1. The highest BCUT2D eigenvalue weighted by Crippen LogP contribution is 2.48. The van der Waals surface area contributed by atoms with E-state index < -0.39 is 17.3 Å². The first-order valence-electron chi connectivity index (χ1n) is 12.2. The monoisotopic (exact) mass is 518 g/mol. The predicted octanol–water partition coefficient (Wildman–Crippen LogP) is 6.83. The predicted molar refractivity (Wildman–Crippen MR) is 148 cm³/mol. The lowest BCUT2D eigenvalue weighted by Gasteiger charge is -2.39. The summed E-state index contributed by atoms with van der Waals surface area (Å²) in [5.74, 6) is -0.740. The van der Waals surface area contributed by atoms with Gasteiger partial charge in [-0.3, -0.25) is 0 Å². The average molecular weight is 519 g/mol. The van der Waals surface area contributed by atoms with Gasteiger partial charge in [0.15, 0.2) is 0 Å². The lowest BCUT2D eigenvalue weighted by molar-refractivity contribution is 0.000555. The molecule has 0 bridgehead atoms. The molecule has 0 saturated carbocycles. The van der Waals surface area contributed by atoms with E-state index in [0.29, 0.717) is 23.0 Å². The van der Waals surface area contributed by atoms with E-state index >= 15 is 4.39 Å². The molecule has 1 heterocycles. The van der Waals surface area contributed by atoms with Gasteiger partial charge in [0, 0.05) is 40.4 Å². The lowest BCUT2D eigenvalue weighted by atomic mass is 9.71. The summed E-state index contributed by atoms with van der Waals surface area (Å²) >= 11 is 6.12. The SMILES string of the molecule is COc1ncc(-c2ccc(Cl)cc2)cc1C(c1ccccc1)C(O)(CCN(C)C)c1cc(C)ccc1F. The zero-order valence-corrected chi connectivity index (χ0v) is 22.3. The van der Waals surface area contributed by atoms with Crippen molar-refractivity contribution in [1.82, 2.24) is 9.88 Å². The molecule has 37 heavy (non-hydrogen) atoms. The normalized spacial score (nSPS) is 13.8. The van der Waals surface area contributed by atoms with E-state index in [4.69, 9.17) is 16.3 Å². The van der Waals surface area contributed by atoms with Crippen LogP contribution in [-0.2, 0) is 5.60 Å². The van der Waals surface area contributed by atoms with Crippen molar-refractivity contribution in [2.45, 2.75) is 24.9 Å². The number of hydrogen-bond donors (Lipinski definition) is 1. The van der Waals surface area contributed by atoms with Crippen LogP contribution < -0.4 is 4.74 Å². The molecule has 0 radical (unpaired) electrons. The van der Waals surface area contributed by atoms with Crippen molar-refractivity contribution in [1.29, 1.82) is 0 Å². The fraction of sp³-hybridized carbons (Fsp3) is 0.258. The quantitative estimate of drug-likeness (QED) is 0.264. The van der Waals surface area contributed by atoms with E-state index in [9.17, 15) is 5.11 Å². The van der Waals surface area contributed by atoms with Gasteiger partial charge in [0.2, 0.25) is 5.88 Å². The Morgan fingerprint density at radius 3 is 2.35 bits per heavy atom. The number of pyridine rings is 1. The Morgan fingerprint density at radius 2 is 1.70 bits per heavy atom. The zero-order chi connectivity index (χ0) is 26.6. The third-order valence-corrected chi connectivity index (χ3v) is 6.95. The number of nitrogens with zero attached hydrogens (tertiary/aromatic N) is 2.